The van der Waals surface area contributed by atoms with Gasteiger partial charge < -0.3 is 5.32 Å². The van der Waals surface area contributed by atoms with Crippen LogP contribution in [0.4, 0.5) is 5.69 Å². The minimum Gasteiger partial charge on any atom is -0.350 e. The van der Waals surface area contributed by atoms with E-state index in [1.165, 1.54) is 18.2 Å². The first-order chi connectivity index (χ1) is 16.1. The SMILES string of the molecule is CC(C)NC(=O)c1ccccc1NS(=O)(=O)c1ccc2c(c1)sc(=O)n2Cc1ccc(Cl)cc1. The van der Waals surface area contributed by atoms with E-state index in [9.17, 15) is 18.0 Å². The zero-order valence-corrected chi connectivity index (χ0v) is 20.8. The van der Waals surface area contributed by atoms with Crippen LogP contribution in [-0.4, -0.2) is 24.9 Å². The van der Waals surface area contributed by atoms with E-state index >= 15 is 0 Å². The molecule has 0 aliphatic rings. The number of sulfonamides is 1. The van der Waals surface area contributed by atoms with Crippen LogP contribution in [0.5, 0.6) is 0 Å². The minimum absolute atomic E-state index is 0.000960. The Morgan fingerprint density at radius 1 is 1.06 bits per heavy atom. The number of rotatable bonds is 7. The molecular weight excluding hydrogens is 494 g/mol. The first kappa shape index (κ1) is 24.0. The molecule has 0 saturated heterocycles. The number of nitrogens with zero attached hydrogens (tertiary/aromatic N) is 1. The third kappa shape index (κ3) is 5.16. The van der Waals surface area contributed by atoms with Crippen LogP contribution in [0, 0.1) is 0 Å². The van der Waals surface area contributed by atoms with Gasteiger partial charge in [-0.25, -0.2) is 8.42 Å². The molecule has 1 heterocycles. The summed E-state index contributed by atoms with van der Waals surface area (Å²) in [5.41, 5.74) is 1.94. The van der Waals surface area contributed by atoms with Crippen LogP contribution in [0.15, 0.2) is 76.4 Å². The van der Waals surface area contributed by atoms with E-state index in [1.54, 1.807) is 41.0 Å². The molecule has 3 aromatic carbocycles. The Hall–Kier alpha value is -3.14. The zero-order chi connectivity index (χ0) is 24.5. The van der Waals surface area contributed by atoms with Crippen molar-refractivity contribution < 1.29 is 13.2 Å². The first-order valence-electron chi connectivity index (χ1n) is 10.4. The van der Waals surface area contributed by atoms with Crippen LogP contribution >= 0.6 is 22.9 Å². The zero-order valence-electron chi connectivity index (χ0n) is 18.4. The Balaban J connectivity index is 1.65. The van der Waals surface area contributed by atoms with Gasteiger partial charge in [0.15, 0.2) is 0 Å². The number of carbonyl (C=O) groups is 1. The van der Waals surface area contributed by atoms with Gasteiger partial charge in [0.05, 0.1) is 32.9 Å². The molecule has 10 heteroatoms. The number of anilines is 1. The maximum absolute atomic E-state index is 13.1. The highest BCUT2D eigenvalue weighted by molar-refractivity contribution is 7.92. The molecule has 0 aliphatic heterocycles. The van der Waals surface area contributed by atoms with Crippen LogP contribution < -0.4 is 14.9 Å². The Morgan fingerprint density at radius 2 is 1.76 bits per heavy atom. The van der Waals surface area contributed by atoms with Gasteiger partial charge in [-0.2, -0.15) is 0 Å². The minimum atomic E-state index is -4.01. The summed E-state index contributed by atoms with van der Waals surface area (Å²) in [5.74, 6) is -0.374. The number of para-hydroxylation sites is 1. The molecule has 2 N–H and O–H groups in total. The van der Waals surface area contributed by atoms with Crippen LogP contribution in [0.3, 0.4) is 0 Å². The molecule has 1 aromatic heterocycles. The van der Waals surface area contributed by atoms with E-state index in [1.807, 2.05) is 26.0 Å². The summed E-state index contributed by atoms with van der Waals surface area (Å²) >= 11 is 6.91. The molecule has 0 unspecified atom stereocenters. The second-order valence-corrected chi connectivity index (χ2v) is 11.1. The number of aromatic nitrogens is 1. The highest BCUT2D eigenvalue weighted by atomic mass is 35.5. The highest BCUT2D eigenvalue weighted by Gasteiger charge is 2.20. The summed E-state index contributed by atoms with van der Waals surface area (Å²) in [7, 11) is -4.01. The van der Waals surface area contributed by atoms with Gasteiger partial charge in [-0.05, 0) is 61.9 Å². The molecular formula is C24H22ClN3O4S2. The Bertz CT molecular complexity index is 1520. The fraction of sp³-hybridized carbons (Fsp3) is 0.167. The lowest BCUT2D eigenvalue weighted by atomic mass is 10.1. The van der Waals surface area contributed by atoms with E-state index in [-0.39, 0.29) is 33.0 Å². The molecule has 176 valence electrons. The Labute approximate surface area is 206 Å². The van der Waals surface area contributed by atoms with Gasteiger partial charge in [-0.1, -0.05) is 47.2 Å². The van der Waals surface area contributed by atoms with Crippen molar-refractivity contribution in [3.05, 3.63) is 92.5 Å². The van der Waals surface area contributed by atoms with Crippen molar-refractivity contribution in [3.8, 4) is 0 Å². The fourth-order valence-corrected chi connectivity index (χ4v) is 5.69. The number of amides is 1. The largest absolute Gasteiger partial charge is 0.350 e. The van der Waals surface area contributed by atoms with Crippen LogP contribution in [0.25, 0.3) is 10.2 Å². The predicted octanol–water partition coefficient (Wildman–Crippen LogP) is 4.70. The van der Waals surface area contributed by atoms with E-state index < -0.39 is 10.0 Å². The first-order valence-corrected chi connectivity index (χ1v) is 13.1. The predicted molar refractivity (Wildman–Crippen MR) is 136 cm³/mol. The summed E-state index contributed by atoms with van der Waals surface area (Å²) in [6, 6.07) is 18.0. The lowest BCUT2D eigenvalue weighted by Crippen LogP contribution is -2.31. The summed E-state index contributed by atoms with van der Waals surface area (Å²) < 4.78 is 30.9. The van der Waals surface area contributed by atoms with Crippen LogP contribution in [0.1, 0.15) is 29.8 Å². The molecule has 0 aliphatic carbocycles. The van der Waals surface area contributed by atoms with Gasteiger partial charge in [-0.3, -0.25) is 18.9 Å². The van der Waals surface area contributed by atoms with Crippen molar-refractivity contribution in [3.63, 3.8) is 0 Å². The van der Waals surface area contributed by atoms with Gasteiger partial charge in [0.2, 0.25) is 0 Å². The van der Waals surface area contributed by atoms with Crippen molar-refractivity contribution in [1.29, 1.82) is 0 Å². The van der Waals surface area contributed by atoms with Crippen molar-refractivity contribution in [2.45, 2.75) is 31.3 Å². The number of nitrogens with one attached hydrogen (secondary N) is 2. The lowest BCUT2D eigenvalue weighted by Gasteiger charge is -2.14. The van der Waals surface area contributed by atoms with Gasteiger partial charge in [0.25, 0.3) is 15.9 Å². The van der Waals surface area contributed by atoms with Crippen molar-refractivity contribution >= 4 is 54.8 Å². The Kier molecular flexibility index (Phi) is 6.79. The molecule has 7 nitrogen and oxygen atoms in total. The molecule has 4 rings (SSSR count). The molecule has 4 aromatic rings. The van der Waals surface area contributed by atoms with Crippen molar-refractivity contribution in [2.24, 2.45) is 0 Å². The normalized spacial score (nSPS) is 11.6. The molecule has 0 spiro atoms. The molecule has 0 atom stereocenters. The molecule has 34 heavy (non-hydrogen) atoms. The standard InChI is InChI=1S/C24H22ClN3O4S2/c1-15(2)26-23(29)19-5-3-4-6-20(19)27-34(31,32)18-11-12-21-22(13-18)33-24(30)28(21)14-16-7-9-17(25)10-8-16/h3-13,15,27H,14H2,1-2H3,(H,26,29). The number of carbonyl (C=O) groups excluding carboxylic acids is 1. The molecule has 1 amide bonds. The van der Waals surface area contributed by atoms with E-state index in [2.05, 4.69) is 10.0 Å². The van der Waals surface area contributed by atoms with Gasteiger partial charge in [-0.15, -0.1) is 0 Å². The highest BCUT2D eigenvalue weighted by Crippen LogP contribution is 2.25. The van der Waals surface area contributed by atoms with Crippen LogP contribution in [-0.2, 0) is 16.6 Å². The smallest absolute Gasteiger partial charge is 0.308 e. The van der Waals surface area contributed by atoms with Gasteiger partial charge in [0, 0.05) is 11.1 Å². The van der Waals surface area contributed by atoms with Crippen molar-refractivity contribution in [2.75, 3.05) is 4.72 Å². The third-order valence-electron chi connectivity index (χ3n) is 5.04. The maximum atomic E-state index is 13.1. The summed E-state index contributed by atoms with van der Waals surface area (Å²) in [4.78, 5) is 24.9. The monoisotopic (exact) mass is 515 g/mol. The second-order valence-electron chi connectivity index (χ2n) is 7.99. The number of thiazole rings is 1. The van der Waals surface area contributed by atoms with Gasteiger partial charge in [0.1, 0.15) is 0 Å². The number of halogens is 1. The van der Waals surface area contributed by atoms with E-state index in [0.717, 1.165) is 16.9 Å². The lowest BCUT2D eigenvalue weighted by molar-refractivity contribution is 0.0944. The molecule has 0 saturated carbocycles. The summed E-state index contributed by atoms with van der Waals surface area (Å²) in [6.07, 6.45) is 0. The van der Waals surface area contributed by atoms with Crippen LogP contribution in [0.2, 0.25) is 5.02 Å². The van der Waals surface area contributed by atoms with E-state index in [0.29, 0.717) is 21.8 Å². The van der Waals surface area contributed by atoms with Crippen molar-refractivity contribution in [1.82, 2.24) is 9.88 Å². The molecule has 0 radical (unpaired) electrons. The molecule has 0 fully saturated rings. The summed E-state index contributed by atoms with van der Waals surface area (Å²) in [6.45, 7) is 3.99. The third-order valence-corrected chi connectivity index (χ3v) is 7.60. The second kappa shape index (κ2) is 9.61. The number of hydrogen-bond acceptors (Lipinski definition) is 5. The fourth-order valence-electron chi connectivity index (χ4n) is 3.45. The van der Waals surface area contributed by atoms with Gasteiger partial charge >= 0.3 is 4.87 Å². The molecule has 0 bridgehead atoms. The summed E-state index contributed by atoms with van der Waals surface area (Å²) in [5, 5.41) is 3.37. The number of benzene rings is 3. The Morgan fingerprint density at radius 3 is 2.47 bits per heavy atom. The quantitative estimate of drug-likeness (QED) is 0.372. The topological polar surface area (TPSA) is 97.3 Å². The van der Waals surface area contributed by atoms with E-state index in [4.69, 9.17) is 11.6 Å². The maximum Gasteiger partial charge on any atom is 0.308 e. The average molecular weight is 516 g/mol. The number of hydrogen-bond donors (Lipinski definition) is 2. The average Bonchev–Trinajstić information content (AvgIpc) is 3.09. The number of fused-ring (bicyclic) bond motifs is 1.